The van der Waals surface area contributed by atoms with Crippen molar-refractivity contribution < 1.29 is 9.13 Å². The first-order valence-electron chi connectivity index (χ1n) is 8.51. The van der Waals surface area contributed by atoms with Crippen LogP contribution in [0.2, 0.25) is 0 Å². The second kappa shape index (κ2) is 7.91. The van der Waals surface area contributed by atoms with Gasteiger partial charge in [0.15, 0.2) is 5.16 Å². The van der Waals surface area contributed by atoms with Gasteiger partial charge in [-0.15, -0.1) is 0 Å². The molecule has 136 valence electrons. The Morgan fingerprint density at radius 2 is 2.04 bits per heavy atom. The lowest BCUT2D eigenvalue weighted by Crippen LogP contribution is -2.26. The van der Waals surface area contributed by atoms with Gasteiger partial charge < -0.3 is 4.74 Å². The number of thioether (sulfide) groups is 1. The van der Waals surface area contributed by atoms with E-state index in [0.29, 0.717) is 27.6 Å². The molecule has 4 nitrogen and oxygen atoms in total. The molecule has 0 saturated carbocycles. The van der Waals surface area contributed by atoms with E-state index in [-0.39, 0.29) is 17.4 Å². The molecule has 0 aliphatic carbocycles. The number of benzene rings is 2. The van der Waals surface area contributed by atoms with Crippen molar-refractivity contribution >= 4 is 22.7 Å². The molecule has 0 fully saturated rings. The molecule has 0 saturated heterocycles. The van der Waals surface area contributed by atoms with E-state index in [9.17, 15) is 9.18 Å². The first-order valence-corrected chi connectivity index (χ1v) is 9.50. The average Bonchev–Trinajstić information content (AvgIpc) is 2.66. The van der Waals surface area contributed by atoms with Crippen molar-refractivity contribution in [3.63, 3.8) is 0 Å². The van der Waals surface area contributed by atoms with Crippen LogP contribution >= 0.6 is 11.8 Å². The highest BCUT2D eigenvalue weighted by molar-refractivity contribution is 7.98. The number of hydrogen-bond donors (Lipinski definition) is 0. The van der Waals surface area contributed by atoms with Crippen molar-refractivity contribution in [2.45, 2.75) is 37.2 Å². The van der Waals surface area contributed by atoms with Crippen molar-refractivity contribution in [1.29, 1.82) is 0 Å². The lowest BCUT2D eigenvalue weighted by Gasteiger charge is -2.18. The molecular weight excluding hydrogens is 351 g/mol. The second-order valence-electron chi connectivity index (χ2n) is 6.09. The van der Waals surface area contributed by atoms with Gasteiger partial charge in [0.25, 0.3) is 5.56 Å². The second-order valence-corrected chi connectivity index (χ2v) is 7.03. The van der Waals surface area contributed by atoms with Crippen LogP contribution in [-0.4, -0.2) is 16.7 Å². The Morgan fingerprint density at radius 3 is 2.77 bits per heavy atom. The largest absolute Gasteiger partial charge is 0.496 e. The van der Waals surface area contributed by atoms with Crippen LogP contribution in [0.1, 0.15) is 31.9 Å². The Bertz CT molecular complexity index is 987. The van der Waals surface area contributed by atoms with Gasteiger partial charge in [0, 0.05) is 17.4 Å². The highest BCUT2D eigenvalue weighted by Crippen LogP contribution is 2.29. The fraction of sp³-hybridized carbons (Fsp3) is 0.300. The quantitative estimate of drug-likeness (QED) is 0.460. The van der Waals surface area contributed by atoms with E-state index in [4.69, 9.17) is 4.74 Å². The van der Waals surface area contributed by atoms with Crippen LogP contribution in [0.4, 0.5) is 4.39 Å². The third kappa shape index (κ3) is 3.60. The number of aromatic nitrogens is 2. The van der Waals surface area contributed by atoms with Crippen LogP contribution in [-0.2, 0) is 5.75 Å². The minimum atomic E-state index is -0.313. The molecule has 0 radical (unpaired) electrons. The number of halogens is 1. The minimum absolute atomic E-state index is 0.0245. The molecule has 6 heteroatoms. The van der Waals surface area contributed by atoms with Crippen LogP contribution in [0.15, 0.2) is 52.4 Å². The average molecular weight is 372 g/mol. The van der Waals surface area contributed by atoms with Crippen LogP contribution in [0.25, 0.3) is 10.9 Å². The van der Waals surface area contributed by atoms with Gasteiger partial charge in [-0.05, 0) is 43.7 Å². The Hall–Kier alpha value is -2.34. The lowest BCUT2D eigenvalue weighted by molar-refractivity contribution is 0.410. The highest BCUT2D eigenvalue weighted by atomic mass is 32.2. The third-order valence-electron chi connectivity index (χ3n) is 4.41. The van der Waals surface area contributed by atoms with E-state index >= 15 is 0 Å². The Balaban J connectivity index is 2.04. The van der Waals surface area contributed by atoms with Gasteiger partial charge in [0.05, 0.1) is 18.0 Å². The summed E-state index contributed by atoms with van der Waals surface area (Å²) < 4.78 is 20.7. The molecule has 0 aliphatic rings. The summed E-state index contributed by atoms with van der Waals surface area (Å²) in [6.07, 6.45) is 0.816. The molecule has 0 bridgehead atoms. The number of ether oxygens (including phenoxy) is 1. The van der Waals surface area contributed by atoms with E-state index in [1.165, 1.54) is 23.9 Å². The maximum Gasteiger partial charge on any atom is 0.262 e. The van der Waals surface area contributed by atoms with Crippen LogP contribution in [0.5, 0.6) is 5.75 Å². The number of para-hydroxylation sites is 1. The molecular formula is C20H21FN2O2S. The van der Waals surface area contributed by atoms with E-state index in [0.717, 1.165) is 12.0 Å². The molecule has 0 spiro atoms. The number of nitrogens with zero attached hydrogens (tertiary/aromatic N) is 2. The summed E-state index contributed by atoms with van der Waals surface area (Å²) in [5, 5.41) is 1.25. The van der Waals surface area contributed by atoms with Crippen molar-refractivity contribution in [3.05, 3.63) is 64.2 Å². The van der Waals surface area contributed by atoms with Crippen molar-refractivity contribution in [1.82, 2.24) is 9.55 Å². The maximum absolute atomic E-state index is 13.6. The molecule has 0 aliphatic heterocycles. The zero-order valence-corrected chi connectivity index (χ0v) is 15.8. The maximum atomic E-state index is 13.6. The molecule has 0 amide bonds. The first-order chi connectivity index (χ1) is 12.5. The van der Waals surface area contributed by atoms with Gasteiger partial charge in [-0.1, -0.05) is 30.8 Å². The topological polar surface area (TPSA) is 44.1 Å². The third-order valence-corrected chi connectivity index (χ3v) is 5.41. The van der Waals surface area contributed by atoms with E-state index in [2.05, 4.69) is 4.98 Å². The molecule has 0 N–H and O–H groups in total. The Morgan fingerprint density at radius 1 is 1.27 bits per heavy atom. The van der Waals surface area contributed by atoms with E-state index < -0.39 is 0 Å². The van der Waals surface area contributed by atoms with Gasteiger partial charge in [0.1, 0.15) is 11.6 Å². The summed E-state index contributed by atoms with van der Waals surface area (Å²) in [6.45, 7) is 4.04. The Labute approximate surface area is 156 Å². The number of rotatable bonds is 6. The van der Waals surface area contributed by atoms with Gasteiger partial charge in [-0.3, -0.25) is 9.36 Å². The molecule has 26 heavy (non-hydrogen) atoms. The monoisotopic (exact) mass is 372 g/mol. The number of hydrogen-bond acceptors (Lipinski definition) is 4. The number of methoxy groups -OCH3 is 1. The van der Waals surface area contributed by atoms with Crippen molar-refractivity contribution in [3.8, 4) is 5.75 Å². The molecule has 1 aromatic heterocycles. The van der Waals surface area contributed by atoms with Crippen LogP contribution in [0, 0.1) is 5.82 Å². The van der Waals surface area contributed by atoms with E-state index in [1.54, 1.807) is 23.8 Å². The Kier molecular flexibility index (Phi) is 5.61. The van der Waals surface area contributed by atoms with Gasteiger partial charge in [-0.2, -0.15) is 0 Å². The summed E-state index contributed by atoms with van der Waals surface area (Å²) in [5.41, 5.74) is 1.36. The summed E-state index contributed by atoms with van der Waals surface area (Å²) in [6, 6.07) is 11.8. The zero-order valence-electron chi connectivity index (χ0n) is 15.0. The number of fused-ring (bicyclic) bond motifs is 1. The van der Waals surface area contributed by atoms with Crippen molar-refractivity contribution in [2.75, 3.05) is 7.11 Å². The van der Waals surface area contributed by atoms with E-state index in [1.807, 2.05) is 32.0 Å². The predicted molar refractivity (Wildman–Crippen MR) is 104 cm³/mol. The van der Waals surface area contributed by atoms with Crippen LogP contribution in [0.3, 0.4) is 0 Å². The summed E-state index contributed by atoms with van der Waals surface area (Å²) in [4.78, 5) is 17.7. The summed E-state index contributed by atoms with van der Waals surface area (Å²) in [5.74, 6) is 0.770. The minimum Gasteiger partial charge on any atom is -0.496 e. The molecule has 2 aromatic carbocycles. The van der Waals surface area contributed by atoms with Gasteiger partial charge in [0.2, 0.25) is 0 Å². The van der Waals surface area contributed by atoms with Crippen LogP contribution < -0.4 is 10.3 Å². The fourth-order valence-electron chi connectivity index (χ4n) is 2.80. The molecule has 3 aromatic rings. The SMILES string of the molecule is CC[C@H](C)n1c(SCc2cc(F)ccc2OC)nc2ccccc2c1=O. The molecule has 1 heterocycles. The van der Waals surface area contributed by atoms with Crippen molar-refractivity contribution in [2.24, 2.45) is 0 Å². The first kappa shape index (κ1) is 18.5. The zero-order chi connectivity index (χ0) is 18.7. The molecule has 3 rings (SSSR count). The summed E-state index contributed by atoms with van der Waals surface area (Å²) in [7, 11) is 1.56. The molecule has 0 unspecified atom stereocenters. The normalized spacial score (nSPS) is 12.3. The standard InChI is InChI=1S/C20H21FN2O2S/c1-4-13(2)23-19(24)16-7-5-6-8-17(16)22-20(23)26-12-14-11-15(21)9-10-18(14)25-3/h5-11,13H,4,12H2,1-3H3/t13-/m0/s1. The molecule has 1 atom stereocenters. The summed E-state index contributed by atoms with van der Waals surface area (Å²) >= 11 is 1.42. The predicted octanol–water partition coefficient (Wildman–Crippen LogP) is 4.81. The smallest absolute Gasteiger partial charge is 0.262 e. The van der Waals surface area contributed by atoms with Gasteiger partial charge >= 0.3 is 0 Å². The fourth-order valence-corrected chi connectivity index (χ4v) is 3.88. The highest BCUT2D eigenvalue weighted by Gasteiger charge is 2.16. The lowest BCUT2D eigenvalue weighted by atomic mass is 10.2. The van der Waals surface area contributed by atoms with Gasteiger partial charge in [-0.25, -0.2) is 9.37 Å².